The largest absolute Gasteiger partial charge is 0.481 e. The lowest BCUT2D eigenvalue weighted by molar-refractivity contribution is -0.122. The Morgan fingerprint density at radius 1 is 1.10 bits per heavy atom. The first kappa shape index (κ1) is 23.1. The van der Waals surface area contributed by atoms with Crippen molar-refractivity contribution >= 4 is 21.6 Å². The molecule has 0 aliphatic carbocycles. The molecule has 2 aromatic carbocycles. The average Bonchev–Trinajstić information content (AvgIpc) is 2.76. The summed E-state index contributed by atoms with van der Waals surface area (Å²) in [5.74, 6) is -2.65. The van der Waals surface area contributed by atoms with E-state index >= 15 is 0 Å². The lowest BCUT2D eigenvalue weighted by atomic mass is 10.3. The van der Waals surface area contributed by atoms with Gasteiger partial charge in [0.05, 0.1) is 4.90 Å². The van der Waals surface area contributed by atoms with Gasteiger partial charge >= 0.3 is 0 Å². The Morgan fingerprint density at radius 2 is 1.81 bits per heavy atom. The van der Waals surface area contributed by atoms with Crippen molar-refractivity contribution in [3.05, 3.63) is 54.1 Å². The predicted octanol–water partition coefficient (Wildman–Crippen LogP) is 2.70. The number of ether oxygens (including phenoxy) is 1. The lowest BCUT2D eigenvalue weighted by Crippen LogP contribution is -2.48. The van der Waals surface area contributed by atoms with Crippen molar-refractivity contribution in [1.82, 2.24) is 9.21 Å². The van der Waals surface area contributed by atoms with E-state index in [0.717, 1.165) is 18.7 Å². The predicted molar refractivity (Wildman–Crippen MR) is 112 cm³/mol. The molecule has 1 heterocycles. The first-order chi connectivity index (χ1) is 14.7. The quantitative estimate of drug-likeness (QED) is 0.698. The van der Waals surface area contributed by atoms with E-state index in [1.54, 1.807) is 12.1 Å². The Kier molecular flexibility index (Phi) is 7.24. The fourth-order valence-corrected chi connectivity index (χ4v) is 4.69. The number of benzene rings is 2. The molecule has 1 aliphatic heterocycles. The number of hydrogen-bond acceptors (Lipinski definition) is 5. The van der Waals surface area contributed by atoms with Gasteiger partial charge in [-0.2, -0.15) is 4.31 Å². The van der Waals surface area contributed by atoms with Crippen LogP contribution in [0.1, 0.15) is 13.8 Å². The van der Waals surface area contributed by atoms with Crippen molar-refractivity contribution in [3.8, 4) is 5.75 Å². The maximum atomic E-state index is 13.3. The molecule has 0 aromatic heterocycles. The summed E-state index contributed by atoms with van der Waals surface area (Å²) in [4.78, 5) is 14.7. The molecule has 1 saturated heterocycles. The number of piperazine rings is 1. The van der Waals surface area contributed by atoms with Crippen LogP contribution < -0.4 is 10.1 Å². The van der Waals surface area contributed by atoms with E-state index < -0.39 is 33.7 Å². The zero-order valence-electron chi connectivity index (χ0n) is 17.3. The Hall–Kier alpha value is -2.56. The number of nitrogens with one attached hydrogen (secondary N) is 1. The van der Waals surface area contributed by atoms with Crippen LogP contribution in [0.2, 0.25) is 0 Å². The molecule has 0 radical (unpaired) electrons. The molecule has 0 bridgehead atoms. The van der Waals surface area contributed by atoms with E-state index in [0.29, 0.717) is 31.9 Å². The van der Waals surface area contributed by atoms with E-state index in [-0.39, 0.29) is 10.6 Å². The van der Waals surface area contributed by atoms with E-state index in [1.165, 1.54) is 29.4 Å². The zero-order chi connectivity index (χ0) is 22.6. The number of anilines is 1. The van der Waals surface area contributed by atoms with Gasteiger partial charge in [0.25, 0.3) is 5.91 Å². The van der Waals surface area contributed by atoms with Crippen LogP contribution in [-0.4, -0.2) is 62.4 Å². The minimum absolute atomic E-state index is 0.00380. The molecule has 168 valence electrons. The van der Waals surface area contributed by atoms with Crippen LogP contribution in [0.3, 0.4) is 0 Å². The van der Waals surface area contributed by atoms with Crippen LogP contribution in [0.15, 0.2) is 47.4 Å². The number of carbonyl (C=O) groups excluding carboxylic acids is 1. The number of carbonyl (C=O) groups is 1. The minimum Gasteiger partial charge on any atom is -0.481 e. The zero-order valence-corrected chi connectivity index (χ0v) is 18.2. The van der Waals surface area contributed by atoms with Crippen LogP contribution in [0, 0.1) is 11.6 Å². The van der Waals surface area contributed by atoms with Crippen LogP contribution in [0.25, 0.3) is 0 Å². The van der Waals surface area contributed by atoms with E-state index in [1.807, 2.05) is 6.92 Å². The fraction of sp³-hybridized carbons (Fsp3) is 0.381. The summed E-state index contributed by atoms with van der Waals surface area (Å²) in [7, 11) is -3.68. The highest BCUT2D eigenvalue weighted by Crippen LogP contribution is 2.22. The van der Waals surface area contributed by atoms with Gasteiger partial charge in [-0.25, -0.2) is 17.2 Å². The molecular formula is C21H25F2N3O4S. The third-order valence-corrected chi connectivity index (χ3v) is 6.99. The van der Waals surface area contributed by atoms with Crippen molar-refractivity contribution in [2.24, 2.45) is 0 Å². The molecule has 7 nitrogen and oxygen atoms in total. The second-order valence-corrected chi connectivity index (χ2v) is 9.13. The monoisotopic (exact) mass is 453 g/mol. The van der Waals surface area contributed by atoms with Crippen molar-refractivity contribution in [2.75, 3.05) is 38.0 Å². The van der Waals surface area contributed by atoms with Crippen LogP contribution in [-0.2, 0) is 14.8 Å². The maximum Gasteiger partial charge on any atom is 0.265 e. The molecule has 1 amide bonds. The van der Waals surface area contributed by atoms with E-state index in [4.69, 9.17) is 4.74 Å². The topological polar surface area (TPSA) is 79.0 Å². The first-order valence-corrected chi connectivity index (χ1v) is 11.4. The highest BCUT2D eigenvalue weighted by molar-refractivity contribution is 7.89. The third-order valence-electron chi connectivity index (χ3n) is 5.09. The minimum atomic E-state index is -3.68. The maximum absolute atomic E-state index is 13.3. The van der Waals surface area contributed by atoms with Crippen molar-refractivity contribution in [3.63, 3.8) is 0 Å². The highest BCUT2D eigenvalue weighted by Gasteiger charge is 2.28. The van der Waals surface area contributed by atoms with Crippen LogP contribution >= 0.6 is 0 Å². The SMILES string of the molecule is CCN1CCN(S(=O)(=O)c2cccc(NC(=O)C(C)Oc3ccc(F)c(F)c3)c2)CC1. The van der Waals surface area contributed by atoms with Crippen molar-refractivity contribution in [2.45, 2.75) is 24.8 Å². The first-order valence-electron chi connectivity index (χ1n) is 9.96. The van der Waals surface area contributed by atoms with Crippen molar-refractivity contribution in [1.29, 1.82) is 0 Å². The van der Waals surface area contributed by atoms with E-state index in [2.05, 4.69) is 10.2 Å². The number of halogens is 2. The average molecular weight is 454 g/mol. The number of rotatable bonds is 7. The lowest BCUT2D eigenvalue weighted by Gasteiger charge is -2.33. The van der Waals surface area contributed by atoms with Crippen molar-refractivity contribution < 1.29 is 26.7 Å². The molecule has 1 fully saturated rings. The fourth-order valence-electron chi connectivity index (χ4n) is 3.22. The van der Waals surface area contributed by atoms with Gasteiger partial charge in [0.1, 0.15) is 5.75 Å². The van der Waals surface area contributed by atoms with Gasteiger partial charge in [0, 0.05) is 37.9 Å². The van der Waals surface area contributed by atoms with Gasteiger partial charge in [-0.15, -0.1) is 0 Å². The molecule has 0 spiro atoms. The third kappa shape index (κ3) is 5.57. The summed E-state index contributed by atoms with van der Waals surface area (Å²) in [6.45, 7) is 6.52. The molecule has 1 atom stereocenters. The summed E-state index contributed by atoms with van der Waals surface area (Å²) in [6, 6.07) is 8.96. The number of likely N-dealkylation sites (N-methyl/N-ethyl adjacent to an activating group) is 1. The molecule has 0 saturated carbocycles. The second-order valence-electron chi connectivity index (χ2n) is 7.19. The number of nitrogens with zero attached hydrogens (tertiary/aromatic N) is 2. The van der Waals surface area contributed by atoms with E-state index in [9.17, 15) is 22.0 Å². The smallest absolute Gasteiger partial charge is 0.265 e. The van der Waals surface area contributed by atoms with Gasteiger partial charge in [-0.1, -0.05) is 13.0 Å². The summed E-state index contributed by atoms with van der Waals surface area (Å²) in [5, 5.41) is 2.60. The number of amides is 1. The summed E-state index contributed by atoms with van der Waals surface area (Å²) < 4.78 is 59.0. The Morgan fingerprint density at radius 3 is 2.45 bits per heavy atom. The highest BCUT2D eigenvalue weighted by atomic mass is 32.2. The molecule has 31 heavy (non-hydrogen) atoms. The molecule has 1 N–H and O–H groups in total. The Labute approximate surface area is 180 Å². The summed E-state index contributed by atoms with van der Waals surface area (Å²) >= 11 is 0. The van der Waals surface area contributed by atoms with Gasteiger partial charge in [0.15, 0.2) is 17.7 Å². The van der Waals surface area contributed by atoms with Gasteiger partial charge in [0.2, 0.25) is 10.0 Å². The molecule has 1 unspecified atom stereocenters. The molecule has 2 aromatic rings. The number of sulfonamides is 1. The normalized spacial score (nSPS) is 16.6. The van der Waals surface area contributed by atoms with Gasteiger partial charge < -0.3 is 15.0 Å². The number of hydrogen-bond donors (Lipinski definition) is 1. The van der Waals surface area contributed by atoms with Crippen LogP contribution in [0.4, 0.5) is 14.5 Å². The van der Waals surface area contributed by atoms with Gasteiger partial charge in [-0.3, -0.25) is 4.79 Å². The van der Waals surface area contributed by atoms with Crippen LogP contribution in [0.5, 0.6) is 5.75 Å². The summed E-state index contributed by atoms with van der Waals surface area (Å²) in [5.41, 5.74) is 0.291. The Balaban J connectivity index is 1.66. The molecular weight excluding hydrogens is 428 g/mol. The molecule has 3 rings (SSSR count). The molecule has 10 heteroatoms. The second kappa shape index (κ2) is 9.71. The standard InChI is InChI=1S/C21H25F2N3O4S/c1-3-25-9-11-26(12-10-25)31(28,29)18-6-4-5-16(13-18)24-21(27)15(2)30-17-7-8-19(22)20(23)14-17/h4-8,13-15H,3,9-12H2,1-2H3,(H,24,27). The van der Waals surface area contributed by atoms with Gasteiger partial charge in [-0.05, 0) is 43.8 Å². The Bertz CT molecular complexity index is 1040. The summed E-state index contributed by atoms with van der Waals surface area (Å²) in [6.07, 6.45) is -1.02. The molecule has 1 aliphatic rings.